The van der Waals surface area contributed by atoms with Crippen LogP contribution < -0.4 is 5.73 Å². The molecular formula is C16H23Cl2NO. The predicted molar refractivity (Wildman–Crippen MR) is 85.4 cm³/mol. The minimum absolute atomic E-state index is 0.0243. The first kappa shape index (κ1) is 16.1. The fraction of sp³-hybridized carbons (Fsp3) is 0.625. The molecule has 2 nitrogen and oxygen atoms in total. The van der Waals surface area contributed by atoms with E-state index >= 15 is 0 Å². The van der Waals surface area contributed by atoms with Gasteiger partial charge in [0.15, 0.2) is 0 Å². The van der Waals surface area contributed by atoms with Gasteiger partial charge in [-0.2, -0.15) is 0 Å². The Morgan fingerprint density at radius 2 is 1.95 bits per heavy atom. The number of benzene rings is 1. The smallest absolute Gasteiger partial charge is 0.0796 e. The molecule has 2 rings (SSSR count). The van der Waals surface area contributed by atoms with E-state index in [0.717, 1.165) is 5.56 Å². The van der Waals surface area contributed by atoms with E-state index in [9.17, 15) is 0 Å². The van der Waals surface area contributed by atoms with Crippen molar-refractivity contribution in [2.45, 2.75) is 51.2 Å². The molecule has 4 heteroatoms. The molecule has 1 aromatic carbocycles. The molecule has 1 fully saturated rings. The molecule has 0 heterocycles. The van der Waals surface area contributed by atoms with Gasteiger partial charge in [-0.05, 0) is 49.4 Å². The summed E-state index contributed by atoms with van der Waals surface area (Å²) in [5, 5.41) is 1.33. The molecule has 2 unspecified atom stereocenters. The number of nitrogens with two attached hydrogens (primary N) is 1. The minimum Gasteiger partial charge on any atom is -0.376 e. The molecule has 20 heavy (non-hydrogen) atoms. The zero-order chi connectivity index (χ0) is 14.5. The number of ether oxygens (including phenoxy) is 1. The highest BCUT2D eigenvalue weighted by Crippen LogP contribution is 2.36. The number of rotatable bonds is 5. The van der Waals surface area contributed by atoms with E-state index < -0.39 is 0 Å². The van der Waals surface area contributed by atoms with Gasteiger partial charge < -0.3 is 10.5 Å². The zero-order valence-electron chi connectivity index (χ0n) is 11.9. The van der Waals surface area contributed by atoms with Crippen molar-refractivity contribution >= 4 is 23.2 Å². The van der Waals surface area contributed by atoms with Crippen molar-refractivity contribution in [3.05, 3.63) is 33.8 Å². The molecule has 1 aliphatic rings. The van der Waals surface area contributed by atoms with Gasteiger partial charge in [0.25, 0.3) is 0 Å². The fourth-order valence-electron chi connectivity index (χ4n) is 3.14. The van der Waals surface area contributed by atoms with E-state index in [1.54, 1.807) is 6.07 Å². The van der Waals surface area contributed by atoms with Crippen LogP contribution in [0.3, 0.4) is 0 Å². The van der Waals surface area contributed by atoms with Crippen LogP contribution in [0.2, 0.25) is 10.0 Å². The van der Waals surface area contributed by atoms with Crippen LogP contribution in [0.4, 0.5) is 0 Å². The van der Waals surface area contributed by atoms with Crippen molar-refractivity contribution in [3.63, 3.8) is 0 Å². The van der Waals surface area contributed by atoms with Crippen molar-refractivity contribution in [3.8, 4) is 0 Å². The Balaban J connectivity index is 2.20. The van der Waals surface area contributed by atoms with Crippen LogP contribution in [-0.4, -0.2) is 12.7 Å². The topological polar surface area (TPSA) is 35.2 Å². The monoisotopic (exact) mass is 315 g/mol. The lowest BCUT2D eigenvalue weighted by atomic mass is 9.81. The largest absolute Gasteiger partial charge is 0.376 e. The first-order chi connectivity index (χ1) is 9.63. The van der Waals surface area contributed by atoms with Gasteiger partial charge in [-0.25, -0.2) is 0 Å². The molecule has 1 aliphatic carbocycles. The van der Waals surface area contributed by atoms with Gasteiger partial charge in [0.05, 0.1) is 12.1 Å². The summed E-state index contributed by atoms with van der Waals surface area (Å²) in [5.41, 5.74) is 7.35. The maximum absolute atomic E-state index is 6.46. The summed E-state index contributed by atoms with van der Waals surface area (Å²) in [4.78, 5) is 0. The summed E-state index contributed by atoms with van der Waals surface area (Å²) in [5.74, 6) is 0.522. The first-order valence-corrected chi connectivity index (χ1v) is 8.21. The maximum Gasteiger partial charge on any atom is 0.0796 e. The Morgan fingerprint density at radius 3 is 2.60 bits per heavy atom. The van der Waals surface area contributed by atoms with E-state index in [-0.39, 0.29) is 12.1 Å². The molecule has 0 radical (unpaired) electrons. The van der Waals surface area contributed by atoms with Crippen LogP contribution in [0.25, 0.3) is 0 Å². The van der Waals surface area contributed by atoms with E-state index in [1.807, 2.05) is 19.1 Å². The van der Waals surface area contributed by atoms with Gasteiger partial charge in [0.2, 0.25) is 0 Å². The van der Waals surface area contributed by atoms with E-state index in [2.05, 4.69) is 0 Å². The summed E-state index contributed by atoms with van der Waals surface area (Å²) < 4.78 is 5.97. The third-order valence-electron chi connectivity index (χ3n) is 4.14. The number of halogens is 2. The average Bonchev–Trinajstić information content (AvgIpc) is 2.47. The van der Waals surface area contributed by atoms with E-state index in [1.165, 1.54) is 32.1 Å². The summed E-state index contributed by atoms with van der Waals surface area (Å²) >= 11 is 12.4. The highest BCUT2D eigenvalue weighted by atomic mass is 35.5. The molecule has 0 aliphatic heterocycles. The van der Waals surface area contributed by atoms with Crippen molar-refractivity contribution in [2.75, 3.05) is 6.61 Å². The molecule has 2 atom stereocenters. The summed E-state index contributed by atoms with van der Waals surface area (Å²) in [7, 11) is 0. The summed E-state index contributed by atoms with van der Waals surface area (Å²) in [6, 6.07) is 5.24. The Hall–Kier alpha value is -0.280. The Kier molecular flexibility index (Phi) is 6.16. The van der Waals surface area contributed by atoms with Gasteiger partial charge >= 0.3 is 0 Å². The van der Waals surface area contributed by atoms with Gasteiger partial charge in [0, 0.05) is 16.7 Å². The fourth-order valence-corrected chi connectivity index (χ4v) is 3.56. The van der Waals surface area contributed by atoms with Crippen LogP contribution in [0.15, 0.2) is 18.2 Å². The third kappa shape index (κ3) is 3.88. The molecule has 2 N–H and O–H groups in total. The third-order valence-corrected chi connectivity index (χ3v) is 4.72. The van der Waals surface area contributed by atoms with Crippen molar-refractivity contribution < 1.29 is 4.74 Å². The number of hydrogen-bond donors (Lipinski definition) is 1. The Morgan fingerprint density at radius 1 is 1.25 bits per heavy atom. The van der Waals surface area contributed by atoms with Gasteiger partial charge in [0.1, 0.15) is 0 Å². The molecule has 0 aromatic heterocycles. The second-order valence-corrected chi connectivity index (χ2v) is 6.35. The van der Waals surface area contributed by atoms with Crippen molar-refractivity contribution in [2.24, 2.45) is 11.7 Å². The van der Waals surface area contributed by atoms with Gasteiger partial charge in [-0.3, -0.25) is 0 Å². The highest BCUT2D eigenvalue weighted by molar-refractivity contribution is 6.33. The molecule has 0 amide bonds. The lowest BCUT2D eigenvalue weighted by Crippen LogP contribution is -2.37. The minimum atomic E-state index is -0.218. The SMILES string of the molecule is CCOC(C1CCCCC1)C(N)c1cc(Cl)ccc1Cl. The molecule has 0 saturated heterocycles. The van der Waals surface area contributed by atoms with Crippen LogP contribution in [0, 0.1) is 5.92 Å². The molecule has 0 spiro atoms. The van der Waals surface area contributed by atoms with Crippen LogP contribution in [0.5, 0.6) is 0 Å². The molecule has 112 valence electrons. The Labute approximate surface area is 131 Å². The van der Waals surface area contributed by atoms with Crippen molar-refractivity contribution in [1.29, 1.82) is 0 Å². The van der Waals surface area contributed by atoms with E-state index in [0.29, 0.717) is 22.6 Å². The predicted octanol–water partition coefficient (Wildman–Crippen LogP) is 4.98. The van der Waals surface area contributed by atoms with Crippen LogP contribution in [-0.2, 0) is 4.74 Å². The van der Waals surface area contributed by atoms with E-state index in [4.69, 9.17) is 33.7 Å². The second kappa shape index (κ2) is 7.65. The quantitative estimate of drug-likeness (QED) is 0.831. The van der Waals surface area contributed by atoms with Gasteiger partial charge in [-0.15, -0.1) is 0 Å². The molecule has 0 bridgehead atoms. The average molecular weight is 316 g/mol. The summed E-state index contributed by atoms with van der Waals surface area (Å²) in [6.45, 7) is 2.69. The highest BCUT2D eigenvalue weighted by Gasteiger charge is 2.31. The second-order valence-electron chi connectivity index (χ2n) is 5.51. The lowest BCUT2D eigenvalue weighted by Gasteiger charge is -2.34. The lowest BCUT2D eigenvalue weighted by molar-refractivity contribution is -0.00983. The van der Waals surface area contributed by atoms with Crippen LogP contribution >= 0.6 is 23.2 Å². The Bertz CT molecular complexity index is 432. The molecule has 1 saturated carbocycles. The summed E-state index contributed by atoms with van der Waals surface area (Å²) in [6.07, 6.45) is 6.26. The van der Waals surface area contributed by atoms with Crippen LogP contribution in [0.1, 0.15) is 50.6 Å². The van der Waals surface area contributed by atoms with Gasteiger partial charge in [-0.1, -0.05) is 42.5 Å². The standard InChI is InChI=1S/C16H23Cl2NO/c1-2-20-16(11-6-4-3-5-7-11)15(19)13-10-12(17)8-9-14(13)18/h8-11,15-16H,2-7,19H2,1H3. The maximum atomic E-state index is 6.46. The molecule has 1 aromatic rings. The van der Waals surface area contributed by atoms with Crippen molar-refractivity contribution in [1.82, 2.24) is 0 Å². The zero-order valence-corrected chi connectivity index (χ0v) is 13.5. The normalized spacial score (nSPS) is 19.8. The first-order valence-electron chi connectivity index (χ1n) is 7.45. The molecular weight excluding hydrogens is 293 g/mol. The number of hydrogen-bond acceptors (Lipinski definition) is 2.